The Morgan fingerprint density at radius 1 is 1.35 bits per heavy atom. The number of benzene rings is 1. The Kier molecular flexibility index (Phi) is 4.84. The number of hydrogen-bond donors (Lipinski definition) is 0. The van der Waals surface area contributed by atoms with Crippen molar-refractivity contribution in [1.29, 1.82) is 5.26 Å². The van der Waals surface area contributed by atoms with E-state index in [1.165, 1.54) is 0 Å². The molecule has 0 aromatic heterocycles. The van der Waals surface area contributed by atoms with Crippen molar-refractivity contribution in [1.82, 2.24) is 0 Å². The van der Waals surface area contributed by atoms with E-state index in [4.69, 9.17) is 10.00 Å². The first-order valence-corrected chi connectivity index (χ1v) is 5.84. The molecule has 0 fully saturated rings. The SMILES string of the molecule is COc1ccccc1N(C)CC(C#N)C(C)C. The second-order valence-electron chi connectivity index (χ2n) is 4.53. The van der Waals surface area contributed by atoms with Crippen molar-refractivity contribution in [3.63, 3.8) is 0 Å². The smallest absolute Gasteiger partial charge is 0.142 e. The van der Waals surface area contributed by atoms with E-state index in [0.29, 0.717) is 12.5 Å². The maximum Gasteiger partial charge on any atom is 0.142 e. The number of nitrogens with zero attached hydrogens (tertiary/aromatic N) is 2. The quantitative estimate of drug-likeness (QED) is 0.783. The van der Waals surface area contributed by atoms with Crippen LogP contribution in [-0.2, 0) is 0 Å². The summed E-state index contributed by atoms with van der Waals surface area (Å²) in [4.78, 5) is 2.08. The highest BCUT2D eigenvalue weighted by Crippen LogP contribution is 2.27. The third kappa shape index (κ3) is 3.39. The molecule has 92 valence electrons. The van der Waals surface area contributed by atoms with Gasteiger partial charge in [0.05, 0.1) is 24.8 Å². The zero-order chi connectivity index (χ0) is 12.8. The molecule has 0 N–H and O–H groups in total. The third-order valence-electron chi connectivity index (χ3n) is 2.94. The third-order valence-corrected chi connectivity index (χ3v) is 2.94. The molecule has 17 heavy (non-hydrogen) atoms. The van der Waals surface area contributed by atoms with Crippen LogP contribution in [-0.4, -0.2) is 20.7 Å². The molecule has 0 aliphatic carbocycles. The lowest BCUT2D eigenvalue weighted by atomic mass is 9.97. The van der Waals surface area contributed by atoms with E-state index in [1.807, 2.05) is 31.3 Å². The molecule has 0 aliphatic rings. The van der Waals surface area contributed by atoms with Gasteiger partial charge in [0.25, 0.3) is 0 Å². The van der Waals surface area contributed by atoms with Crippen LogP contribution in [0.15, 0.2) is 24.3 Å². The van der Waals surface area contributed by atoms with Crippen LogP contribution in [0.4, 0.5) is 5.69 Å². The van der Waals surface area contributed by atoms with Gasteiger partial charge in [0, 0.05) is 13.6 Å². The summed E-state index contributed by atoms with van der Waals surface area (Å²) < 4.78 is 5.32. The van der Waals surface area contributed by atoms with Gasteiger partial charge in [-0.25, -0.2) is 0 Å². The van der Waals surface area contributed by atoms with Crippen molar-refractivity contribution in [3.8, 4) is 11.8 Å². The summed E-state index contributed by atoms with van der Waals surface area (Å²) in [6, 6.07) is 10.2. The van der Waals surface area contributed by atoms with E-state index < -0.39 is 0 Å². The van der Waals surface area contributed by atoms with Gasteiger partial charge in [-0.1, -0.05) is 26.0 Å². The zero-order valence-electron chi connectivity index (χ0n) is 11.0. The number of para-hydroxylation sites is 2. The van der Waals surface area contributed by atoms with Crippen LogP contribution in [0.25, 0.3) is 0 Å². The summed E-state index contributed by atoms with van der Waals surface area (Å²) in [6.07, 6.45) is 0. The Morgan fingerprint density at radius 2 is 2.00 bits per heavy atom. The lowest BCUT2D eigenvalue weighted by Gasteiger charge is -2.25. The van der Waals surface area contributed by atoms with Crippen molar-refractivity contribution in [2.24, 2.45) is 11.8 Å². The van der Waals surface area contributed by atoms with E-state index in [1.54, 1.807) is 7.11 Å². The number of ether oxygens (including phenoxy) is 1. The van der Waals surface area contributed by atoms with Crippen molar-refractivity contribution in [2.75, 3.05) is 25.6 Å². The molecule has 0 radical (unpaired) electrons. The van der Waals surface area contributed by atoms with Crippen LogP contribution >= 0.6 is 0 Å². The highest BCUT2D eigenvalue weighted by atomic mass is 16.5. The van der Waals surface area contributed by atoms with Crippen LogP contribution < -0.4 is 9.64 Å². The van der Waals surface area contributed by atoms with Gasteiger partial charge >= 0.3 is 0 Å². The summed E-state index contributed by atoms with van der Waals surface area (Å²) >= 11 is 0. The molecule has 3 nitrogen and oxygen atoms in total. The van der Waals surface area contributed by atoms with Crippen LogP contribution in [0.1, 0.15) is 13.8 Å². The monoisotopic (exact) mass is 232 g/mol. The Labute approximate surface area is 104 Å². The maximum absolute atomic E-state index is 9.11. The lowest BCUT2D eigenvalue weighted by molar-refractivity contribution is 0.412. The van der Waals surface area contributed by atoms with E-state index >= 15 is 0 Å². The predicted molar refractivity (Wildman–Crippen MR) is 70.2 cm³/mol. The van der Waals surface area contributed by atoms with Gasteiger partial charge in [-0.3, -0.25) is 0 Å². The van der Waals surface area contributed by atoms with Crippen LogP contribution in [0.5, 0.6) is 5.75 Å². The largest absolute Gasteiger partial charge is 0.495 e. The molecule has 1 rings (SSSR count). The first-order chi connectivity index (χ1) is 8.10. The summed E-state index contributed by atoms with van der Waals surface area (Å²) in [5.74, 6) is 1.23. The van der Waals surface area contributed by atoms with Crippen LogP contribution in [0.3, 0.4) is 0 Å². The van der Waals surface area contributed by atoms with Gasteiger partial charge < -0.3 is 9.64 Å². The van der Waals surface area contributed by atoms with Gasteiger partial charge in [-0.05, 0) is 18.1 Å². The van der Waals surface area contributed by atoms with Crippen molar-refractivity contribution in [2.45, 2.75) is 13.8 Å². The molecule has 1 aromatic rings. The fraction of sp³-hybridized carbons (Fsp3) is 0.500. The van der Waals surface area contributed by atoms with Gasteiger partial charge in [-0.15, -0.1) is 0 Å². The first-order valence-electron chi connectivity index (χ1n) is 5.84. The standard InChI is InChI=1S/C14H20N2O/c1-11(2)12(9-15)10-16(3)13-7-5-6-8-14(13)17-4/h5-8,11-12H,10H2,1-4H3. The number of nitriles is 1. The number of rotatable bonds is 5. The van der Waals surface area contributed by atoms with Gasteiger partial charge in [-0.2, -0.15) is 5.26 Å². The second kappa shape index (κ2) is 6.15. The molecule has 0 spiro atoms. The van der Waals surface area contributed by atoms with E-state index in [2.05, 4.69) is 24.8 Å². The van der Waals surface area contributed by atoms with Crippen LogP contribution in [0.2, 0.25) is 0 Å². The summed E-state index contributed by atoms with van der Waals surface area (Å²) in [5, 5.41) is 9.11. The van der Waals surface area contributed by atoms with Gasteiger partial charge in [0.15, 0.2) is 0 Å². The fourth-order valence-corrected chi connectivity index (χ4v) is 1.74. The van der Waals surface area contributed by atoms with Gasteiger partial charge in [0.1, 0.15) is 5.75 Å². The summed E-state index contributed by atoms with van der Waals surface area (Å²) in [6.45, 7) is 4.86. The molecule has 0 bridgehead atoms. The number of methoxy groups -OCH3 is 1. The molecule has 0 heterocycles. The second-order valence-corrected chi connectivity index (χ2v) is 4.53. The Bertz CT molecular complexity index is 395. The molecule has 0 aliphatic heterocycles. The van der Waals surface area contributed by atoms with E-state index in [9.17, 15) is 0 Å². The maximum atomic E-state index is 9.11. The molecule has 1 aromatic carbocycles. The summed E-state index contributed by atoms with van der Waals surface area (Å²) in [5.41, 5.74) is 1.02. The summed E-state index contributed by atoms with van der Waals surface area (Å²) in [7, 11) is 3.65. The van der Waals surface area contributed by atoms with Gasteiger partial charge in [0.2, 0.25) is 0 Å². The molecule has 1 atom stereocenters. The Morgan fingerprint density at radius 3 is 2.53 bits per heavy atom. The van der Waals surface area contributed by atoms with Crippen molar-refractivity contribution < 1.29 is 4.74 Å². The molecule has 0 saturated heterocycles. The zero-order valence-corrected chi connectivity index (χ0v) is 11.0. The normalized spacial score (nSPS) is 12.0. The molecule has 0 amide bonds. The average molecular weight is 232 g/mol. The van der Waals surface area contributed by atoms with Crippen molar-refractivity contribution in [3.05, 3.63) is 24.3 Å². The molecule has 3 heteroatoms. The van der Waals surface area contributed by atoms with E-state index in [0.717, 1.165) is 11.4 Å². The Hall–Kier alpha value is -1.69. The molecular formula is C14H20N2O. The topological polar surface area (TPSA) is 36.3 Å². The Balaban J connectivity index is 2.82. The fourth-order valence-electron chi connectivity index (χ4n) is 1.74. The lowest BCUT2D eigenvalue weighted by Crippen LogP contribution is -2.27. The minimum atomic E-state index is 0.0323. The predicted octanol–water partition coefficient (Wildman–Crippen LogP) is 2.93. The molecule has 1 unspecified atom stereocenters. The highest BCUT2D eigenvalue weighted by Gasteiger charge is 2.16. The average Bonchev–Trinajstić information content (AvgIpc) is 2.35. The van der Waals surface area contributed by atoms with E-state index in [-0.39, 0.29) is 5.92 Å². The molecular weight excluding hydrogens is 212 g/mol. The highest BCUT2D eigenvalue weighted by molar-refractivity contribution is 5.57. The number of hydrogen-bond acceptors (Lipinski definition) is 3. The first kappa shape index (κ1) is 13.4. The van der Waals surface area contributed by atoms with Crippen LogP contribution in [0, 0.1) is 23.2 Å². The van der Waals surface area contributed by atoms with Crippen molar-refractivity contribution >= 4 is 5.69 Å². The minimum absolute atomic E-state index is 0.0323. The molecule has 0 saturated carbocycles. The number of anilines is 1. The minimum Gasteiger partial charge on any atom is -0.495 e.